The summed E-state index contributed by atoms with van der Waals surface area (Å²) >= 11 is 0. The molecule has 0 radical (unpaired) electrons. The lowest BCUT2D eigenvalue weighted by atomic mass is 10.1. The molecule has 11 heavy (non-hydrogen) atoms. The normalized spacial score (nSPS) is 17.2. The van der Waals surface area contributed by atoms with Crippen molar-refractivity contribution in [3.05, 3.63) is 0 Å². The molecule has 0 heterocycles. The van der Waals surface area contributed by atoms with Crippen molar-refractivity contribution in [3.8, 4) is 0 Å². The Morgan fingerprint density at radius 1 is 0.909 bits per heavy atom. The van der Waals surface area contributed by atoms with E-state index in [9.17, 15) is 0 Å². The van der Waals surface area contributed by atoms with Gasteiger partial charge < -0.3 is 0 Å². The van der Waals surface area contributed by atoms with E-state index in [4.69, 9.17) is 0 Å². The summed E-state index contributed by atoms with van der Waals surface area (Å²) in [6.45, 7) is 2.28. The second kappa shape index (κ2) is 5.62. The monoisotopic (exact) mass is 154 g/mol. The zero-order valence-corrected chi connectivity index (χ0v) is 7.94. The quantitative estimate of drug-likeness (QED) is 0.483. The van der Waals surface area contributed by atoms with E-state index in [1.165, 1.54) is 57.8 Å². The summed E-state index contributed by atoms with van der Waals surface area (Å²) in [5.41, 5.74) is 0. The van der Waals surface area contributed by atoms with E-state index in [1.54, 1.807) is 0 Å². The molecule has 1 rings (SSSR count). The zero-order chi connectivity index (χ0) is 7.94. The van der Waals surface area contributed by atoms with Crippen molar-refractivity contribution in [2.24, 2.45) is 5.92 Å². The third-order valence-corrected chi connectivity index (χ3v) is 2.66. The van der Waals surface area contributed by atoms with Crippen LogP contribution in [0.3, 0.4) is 0 Å². The Morgan fingerprint density at radius 2 is 1.55 bits per heavy atom. The van der Waals surface area contributed by atoms with Crippen molar-refractivity contribution in [1.82, 2.24) is 0 Å². The molecule has 0 heteroatoms. The molecule has 0 atom stereocenters. The Balaban J connectivity index is 1.66. The second-order valence-corrected chi connectivity index (χ2v) is 4.00. The topological polar surface area (TPSA) is 0 Å². The highest BCUT2D eigenvalue weighted by Crippen LogP contribution is 2.34. The van der Waals surface area contributed by atoms with Crippen LogP contribution in [-0.2, 0) is 0 Å². The highest BCUT2D eigenvalue weighted by Gasteiger charge is 2.19. The van der Waals surface area contributed by atoms with Crippen LogP contribution in [0.5, 0.6) is 0 Å². The molecule has 0 spiro atoms. The Morgan fingerprint density at radius 3 is 2.18 bits per heavy atom. The van der Waals surface area contributed by atoms with Gasteiger partial charge in [0.25, 0.3) is 0 Å². The fourth-order valence-electron chi connectivity index (χ4n) is 1.62. The van der Waals surface area contributed by atoms with Crippen LogP contribution >= 0.6 is 0 Å². The summed E-state index contributed by atoms with van der Waals surface area (Å²) in [6, 6.07) is 0. The minimum absolute atomic E-state index is 1.15. The van der Waals surface area contributed by atoms with Crippen LogP contribution in [0.2, 0.25) is 0 Å². The Kier molecular flexibility index (Phi) is 4.65. The fourth-order valence-corrected chi connectivity index (χ4v) is 1.62. The molecule has 1 aliphatic rings. The van der Waals surface area contributed by atoms with Crippen molar-refractivity contribution in [3.63, 3.8) is 0 Å². The van der Waals surface area contributed by atoms with Crippen molar-refractivity contribution >= 4 is 0 Å². The molecule has 0 N–H and O–H groups in total. The maximum absolute atomic E-state index is 2.28. The predicted octanol–water partition coefficient (Wildman–Crippen LogP) is 4.15. The van der Waals surface area contributed by atoms with Gasteiger partial charge in [-0.2, -0.15) is 0 Å². The van der Waals surface area contributed by atoms with Crippen LogP contribution in [0.15, 0.2) is 0 Å². The molecule has 1 fully saturated rings. The molecule has 1 aliphatic carbocycles. The highest BCUT2D eigenvalue weighted by atomic mass is 14.2. The average molecular weight is 154 g/mol. The van der Waals surface area contributed by atoms with Crippen LogP contribution in [0.25, 0.3) is 0 Å². The van der Waals surface area contributed by atoms with Gasteiger partial charge in [-0.1, -0.05) is 64.7 Å². The Bertz CT molecular complexity index is 82.0. The summed E-state index contributed by atoms with van der Waals surface area (Å²) in [6.07, 6.45) is 13.4. The van der Waals surface area contributed by atoms with E-state index in [1.807, 2.05) is 0 Å². The number of hydrogen-bond acceptors (Lipinski definition) is 0. The average Bonchev–Trinajstić information content (AvgIpc) is 2.80. The van der Waals surface area contributed by atoms with Gasteiger partial charge in [0.1, 0.15) is 0 Å². The van der Waals surface area contributed by atoms with Gasteiger partial charge in [-0.15, -0.1) is 0 Å². The largest absolute Gasteiger partial charge is 0.0654 e. The minimum Gasteiger partial charge on any atom is -0.0654 e. The van der Waals surface area contributed by atoms with E-state index >= 15 is 0 Å². The zero-order valence-electron chi connectivity index (χ0n) is 7.94. The minimum atomic E-state index is 1.15. The van der Waals surface area contributed by atoms with E-state index in [2.05, 4.69) is 6.92 Å². The van der Waals surface area contributed by atoms with Crippen molar-refractivity contribution in [2.75, 3.05) is 0 Å². The smallest absolute Gasteiger partial charge is 0.0414 e. The number of rotatable bonds is 7. The lowest BCUT2D eigenvalue weighted by Crippen LogP contribution is -1.80. The van der Waals surface area contributed by atoms with Crippen LogP contribution < -0.4 is 0 Å². The van der Waals surface area contributed by atoms with Gasteiger partial charge in [0.15, 0.2) is 0 Å². The predicted molar refractivity (Wildman–Crippen MR) is 50.7 cm³/mol. The first kappa shape index (κ1) is 9.09. The molecule has 0 aromatic heterocycles. The van der Waals surface area contributed by atoms with Crippen molar-refractivity contribution < 1.29 is 0 Å². The molecule has 0 saturated heterocycles. The first-order valence-corrected chi connectivity index (χ1v) is 5.43. The first-order valence-electron chi connectivity index (χ1n) is 5.43. The number of hydrogen-bond donors (Lipinski definition) is 0. The fraction of sp³-hybridized carbons (Fsp3) is 1.00. The molecule has 0 unspecified atom stereocenters. The Hall–Kier alpha value is 0. The van der Waals surface area contributed by atoms with Crippen LogP contribution in [0.1, 0.15) is 64.7 Å². The summed E-state index contributed by atoms with van der Waals surface area (Å²) < 4.78 is 0. The van der Waals surface area contributed by atoms with Crippen molar-refractivity contribution in [2.45, 2.75) is 64.7 Å². The molecule has 0 nitrogen and oxygen atoms in total. The van der Waals surface area contributed by atoms with Gasteiger partial charge in [0, 0.05) is 0 Å². The van der Waals surface area contributed by atoms with E-state index in [0.717, 1.165) is 5.92 Å². The molecule has 0 aromatic rings. The van der Waals surface area contributed by atoms with Gasteiger partial charge in [0.2, 0.25) is 0 Å². The first-order chi connectivity index (χ1) is 5.43. The summed E-state index contributed by atoms with van der Waals surface area (Å²) in [5, 5.41) is 0. The van der Waals surface area contributed by atoms with Crippen molar-refractivity contribution in [1.29, 1.82) is 0 Å². The summed E-state index contributed by atoms with van der Waals surface area (Å²) in [4.78, 5) is 0. The summed E-state index contributed by atoms with van der Waals surface area (Å²) in [7, 11) is 0. The van der Waals surface area contributed by atoms with Gasteiger partial charge >= 0.3 is 0 Å². The lowest BCUT2D eigenvalue weighted by molar-refractivity contribution is 0.568. The molecule has 0 aromatic carbocycles. The van der Waals surface area contributed by atoms with Crippen LogP contribution in [0.4, 0.5) is 0 Å². The molecular formula is C11H22. The van der Waals surface area contributed by atoms with E-state index < -0.39 is 0 Å². The molecule has 1 saturated carbocycles. The Labute approximate surface area is 71.4 Å². The second-order valence-electron chi connectivity index (χ2n) is 4.00. The highest BCUT2D eigenvalue weighted by molar-refractivity contribution is 4.72. The van der Waals surface area contributed by atoms with Crippen LogP contribution in [-0.4, -0.2) is 0 Å². The SMILES string of the molecule is CCCCCCCCC1CC1. The van der Waals surface area contributed by atoms with Gasteiger partial charge in [-0.3, -0.25) is 0 Å². The maximum atomic E-state index is 2.28. The van der Waals surface area contributed by atoms with Gasteiger partial charge in [-0.05, 0) is 5.92 Å². The third kappa shape index (κ3) is 5.29. The lowest BCUT2D eigenvalue weighted by Gasteiger charge is -1.98. The molecule has 0 aliphatic heterocycles. The van der Waals surface area contributed by atoms with Crippen LogP contribution in [0, 0.1) is 5.92 Å². The molecule has 0 bridgehead atoms. The van der Waals surface area contributed by atoms with E-state index in [0.29, 0.717) is 0 Å². The molecular weight excluding hydrogens is 132 g/mol. The molecule has 0 amide bonds. The summed E-state index contributed by atoms with van der Waals surface area (Å²) in [5.74, 6) is 1.15. The van der Waals surface area contributed by atoms with Gasteiger partial charge in [-0.25, -0.2) is 0 Å². The van der Waals surface area contributed by atoms with Gasteiger partial charge in [0.05, 0.1) is 0 Å². The molecule has 66 valence electrons. The van der Waals surface area contributed by atoms with E-state index in [-0.39, 0.29) is 0 Å². The maximum Gasteiger partial charge on any atom is -0.0414 e. The third-order valence-electron chi connectivity index (χ3n) is 2.66. The number of unbranched alkanes of at least 4 members (excludes halogenated alkanes) is 5. The standard InChI is InChI=1S/C11H22/c1-2-3-4-5-6-7-8-11-9-10-11/h11H,2-10H2,1H3.